The molecule has 4 aromatic rings. The number of piperazine rings is 1. The third kappa shape index (κ3) is 6.77. The van der Waals surface area contributed by atoms with Crippen molar-refractivity contribution >= 4 is 46.8 Å². The number of benzene rings is 3. The molecule has 0 N–H and O–H groups in total. The average Bonchev–Trinajstić information content (AvgIpc) is 3.39. The molecule has 2 amide bonds. The summed E-state index contributed by atoms with van der Waals surface area (Å²) >= 11 is 13.8. The van der Waals surface area contributed by atoms with Crippen LogP contribution >= 0.6 is 35.0 Å². The molecule has 0 radical (unpaired) electrons. The number of carbonyl (C=O) groups is 2. The molecule has 0 bridgehead atoms. The van der Waals surface area contributed by atoms with Gasteiger partial charge in [0.2, 0.25) is 5.91 Å². The van der Waals surface area contributed by atoms with Crippen molar-refractivity contribution < 1.29 is 9.59 Å². The Hall–Kier alpha value is -3.33. The molecule has 1 unspecified atom stereocenters. The minimum Gasteiger partial charge on any atom is -0.339 e. The van der Waals surface area contributed by atoms with Gasteiger partial charge in [-0.3, -0.25) is 14.2 Å². The monoisotopic (exact) mass is 607 g/mol. The zero-order valence-electron chi connectivity index (χ0n) is 23.0. The molecule has 0 saturated carbocycles. The van der Waals surface area contributed by atoms with Gasteiger partial charge in [0.25, 0.3) is 5.91 Å². The van der Waals surface area contributed by atoms with Crippen molar-refractivity contribution in [1.29, 1.82) is 0 Å². The van der Waals surface area contributed by atoms with Crippen molar-refractivity contribution in [2.45, 2.75) is 37.9 Å². The highest BCUT2D eigenvalue weighted by Crippen LogP contribution is 2.29. The summed E-state index contributed by atoms with van der Waals surface area (Å²) in [5.41, 5.74) is 3.60. The van der Waals surface area contributed by atoms with E-state index < -0.39 is 0 Å². The first-order valence-electron chi connectivity index (χ1n) is 13.6. The molecule has 10 heteroatoms. The minimum atomic E-state index is -0.143. The summed E-state index contributed by atoms with van der Waals surface area (Å²) in [4.78, 5) is 29.8. The lowest BCUT2D eigenvalue weighted by atomic mass is 10.1. The first-order chi connectivity index (χ1) is 19.8. The van der Waals surface area contributed by atoms with Crippen LogP contribution in [0.4, 0.5) is 0 Å². The second-order valence-corrected chi connectivity index (χ2v) is 12.0. The van der Waals surface area contributed by atoms with Crippen LogP contribution < -0.4 is 0 Å². The van der Waals surface area contributed by atoms with E-state index in [1.54, 1.807) is 34.9 Å². The van der Waals surface area contributed by atoms with E-state index in [1.807, 2.05) is 42.2 Å². The third-order valence-corrected chi connectivity index (χ3v) is 8.69. The Bertz CT molecular complexity index is 1530. The fourth-order valence-electron chi connectivity index (χ4n) is 4.91. The van der Waals surface area contributed by atoms with E-state index in [0.717, 1.165) is 28.0 Å². The highest BCUT2D eigenvalue weighted by atomic mass is 35.5. The van der Waals surface area contributed by atoms with Crippen molar-refractivity contribution in [2.24, 2.45) is 0 Å². The van der Waals surface area contributed by atoms with Crippen LogP contribution in [0.2, 0.25) is 10.0 Å². The zero-order valence-corrected chi connectivity index (χ0v) is 25.3. The van der Waals surface area contributed by atoms with Crippen molar-refractivity contribution in [3.8, 4) is 17.1 Å². The van der Waals surface area contributed by atoms with Gasteiger partial charge < -0.3 is 9.80 Å². The number of amides is 2. The lowest BCUT2D eigenvalue weighted by Gasteiger charge is -2.40. The number of hydrogen-bond donors (Lipinski definition) is 0. The first-order valence-corrected chi connectivity index (χ1v) is 15.3. The van der Waals surface area contributed by atoms with Crippen LogP contribution in [0.15, 0.2) is 78.0 Å². The Kier molecular flexibility index (Phi) is 9.32. The molecule has 0 spiro atoms. The lowest BCUT2D eigenvalue weighted by Crippen LogP contribution is -2.55. The van der Waals surface area contributed by atoms with E-state index in [0.29, 0.717) is 48.1 Å². The maximum absolute atomic E-state index is 13.1. The molecule has 3 aromatic carbocycles. The Morgan fingerprint density at radius 2 is 1.73 bits per heavy atom. The summed E-state index contributed by atoms with van der Waals surface area (Å²) in [5.74, 6) is 1.47. The highest BCUT2D eigenvalue weighted by Gasteiger charge is 2.31. The maximum Gasteiger partial charge on any atom is 0.255 e. The summed E-state index contributed by atoms with van der Waals surface area (Å²) in [6, 6.07) is 23.1. The number of aryl methyl sites for hydroxylation is 1. The van der Waals surface area contributed by atoms with Gasteiger partial charge in [0, 0.05) is 54.1 Å². The van der Waals surface area contributed by atoms with Gasteiger partial charge >= 0.3 is 0 Å². The predicted molar refractivity (Wildman–Crippen MR) is 165 cm³/mol. The quantitative estimate of drug-likeness (QED) is 0.163. The summed E-state index contributed by atoms with van der Waals surface area (Å²) in [6.45, 7) is 5.47. The molecular formula is C31H31Cl2N5O2S. The maximum atomic E-state index is 13.1. The van der Waals surface area contributed by atoms with Gasteiger partial charge in [0.1, 0.15) is 0 Å². The molecule has 212 valence electrons. The summed E-state index contributed by atoms with van der Waals surface area (Å²) in [5, 5.41) is 10.6. The molecule has 2 heterocycles. The number of rotatable bonds is 8. The van der Waals surface area contributed by atoms with E-state index in [1.165, 1.54) is 5.56 Å². The SMILES string of the molecule is Cc1ccc(-n2c(SCCCC(=O)N3CCN(C(=O)c4ccc(Cl)cc4Cl)C(C)C3)nnc2-c2ccccc2)cc1. The molecule has 41 heavy (non-hydrogen) atoms. The molecular weight excluding hydrogens is 577 g/mol. The van der Waals surface area contributed by atoms with Crippen LogP contribution in [0.5, 0.6) is 0 Å². The predicted octanol–water partition coefficient (Wildman–Crippen LogP) is 6.79. The van der Waals surface area contributed by atoms with Gasteiger partial charge in [0.15, 0.2) is 11.0 Å². The van der Waals surface area contributed by atoms with E-state index in [-0.39, 0.29) is 17.9 Å². The Morgan fingerprint density at radius 1 is 0.976 bits per heavy atom. The topological polar surface area (TPSA) is 71.3 Å². The number of hydrogen-bond acceptors (Lipinski definition) is 5. The number of aromatic nitrogens is 3. The van der Waals surface area contributed by atoms with Gasteiger partial charge in [-0.25, -0.2) is 0 Å². The molecule has 0 aliphatic carbocycles. The summed E-state index contributed by atoms with van der Waals surface area (Å²) in [6.07, 6.45) is 1.14. The van der Waals surface area contributed by atoms with E-state index in [4.69, 9.17) is 23.2 Å². The molecule has 7 nitrogen and oxygen atoms in total. The smallest absolute Gasteiger partial charge is 0.255 e. The van der Waals surface area contributed by atoms with Gasteiger partial charge in [0.05, 0.1) is 10.6 Å². The number of nitrogens with zero attached hydrogens (tertiary/aromatic N) is 5. The third-order valence-electron chi connectivity index (χ3n) is 7.13. The average molecular weight is 609 g/mol. The Labute approximate surface area is 254 Å². The fraction of sp³-hybridized carbons (Fsp3) is 0.290. The standard InChI is InChI=1S/C31H31Cl2N5O2S/c1-21-10-13-25(14-11-21)38-29(23-7-4-3-5-8-23)34-35-31(38)41-18-6-9-28(39)36-16-17-37(22(2)20-36)30(40)26-15-12-24(32)19-27(26)33/h3-5,7-8,10-15,19,22H,6,9,16-18,20H2,1-2H3. The number of thioether (sulfide) groups is 1. The van der Waals surface area contributed by atoms with Gasteiger partial charge in [-0.1, -0.05) is 83.0 Å². The number of halogens is 2. The molecule has 1 atom stereocenters. The van der Waals surface area contributed by atoms with Gasteiger partial charge in [-0.05, 0) is 50.6 Å². The Balaban J connectivity index is 1.17. The van der Waals surface area contributed by atoms with Crippen molar-refractivity contribution in [1.82, 2.24) is 24.6 Å². The molecule has 1 fully saturated rings. The normalized spacial score (nSPS) is 15.3. The minimum absolute atomic E-state index is 0.0963. The largest absolute Gasteiger partial charge is 0.339 e. The van der Waals surface area contributed by atoms with Crippen LogP contribution in [0.3, 0.4) is 0 Å². The Morgan fingerprint density at radius 3 is 2.44 bits per heavy atom. The second kappa shape index (κ2) is 13.1. The molecule has 1 aliphatic rings. The van der Waals surface area contributed by atoms with Crippen molar-refractivity contribution in [3.05, 3.63) is 94.0 Å². The van der Waals surface area contributed by atoms with Gasteiger partial charge in [-0.15, -0.1) is 10.2 Å². The van der Waals surface area contributed by atoms with Crippen LogP contribution in [-0.2, 0) is 4.79 Å². The van der Waals surface area contributed by atoms with Crippen molar-refractivity contribution in [3.63, 3.8) is 0 Å². The molecule has 5 rings (SSSR count). The van der Waals surface area contributed by atoms with Crippen LogP contribution in [0.1, 0.15) is 35.7 Å². The van der Waals surface area contributed by atoms with E-state index in [9.17, 15) is 9.59 Å². The first kappa shape index (κ1) is 29.2. The highest BCUT2D eigenvalue weighted by molar-refractivity contribution is 7.99. The van der Waals surface area contributed by atoms with Crippen LogP contribution in [-0.4, -0.2) is 67.8 Å². The van der Waals surface area contributed by atoms with Crippen molar-refractivity contribution in [2.75, 3.05) is 25.4 Å². The summed E-state index contributed by atoms with van der Waals surface area (Å²) < 4.78 is 2.08. The van der Waals surface area contributed by atoms with E-state index >= 15 is 0 Å². The second-order valence-electron chi connectivity index (χ2n) is 10.1. The molecule has 1 aliphatic heterocycles. The van der Waals surface area contributed by atoms with Crippen LogP contribution in [0, 0.1) is 6.92 Å². The number of carbonyl (C=O) groups excluding carboxylic acids is 2. The molecule has 1 saturated heterocycles. The summed E-state index contributed by atoms with van der Waals surface area (Å²) in [7, 11) is 0. The zero-order chi connectivity index (χ0) is 28.9. The fourth-order valence-corrected chi connectivity index (χ4v) is 6.29. The van der Waals surface area contributed by atoms with E-state index in [2.05, 4.69) is 46.0 Å². The molecule has 1 aromatic heterocycles. The lowest BCUT2D eigenvalue weighted by molar-refractivity contribution is -0.133. The van der Waals surface area contributed by atoms with Crippen LogP contribution in [0.25, 0.3) is 17.1 Å². The van der Waals surface area contributed by atoms with Gasteiger partial charge in [-0.2, -0.15) is 0 Å².